The lowest BCUT2D eigenvalue weighted by Crippen LogP contribution is -2.14. The van der Waals surface area contributed by atoms with Crippen molar-refractivity contribution < 1.29 is 9.66 Å². The Hall–Kier alpha value is -2.77. The molecule has 0 aliphatic heterocycles. The number of ether oxygens (including phenoxy) is 1. The average Bonchev–Trinajstić information content (AvgIpc) is 2.38. The number of benzene rings is 1. The van der Waals surface area contributed by atoms with E-state index < -0.39 is 4.92 Å². The van der Waals surface area contributed by atoms with Crippen molar-refractivity contribution in [3.63, 3.8) is 0 Å². The third kappa shape index (κ3) is 3.16. The molecule has 2 aromatic rings. The van der Waals surface area contributed by atoms with Crippen molar-refractivity contribution in [3.05, 3.63) is 40.2 Å². The van der Waals surface area contributed by atoms with E-state index in [-0.39, 0.29) is 11.7 Å². The molecule has 104 valence electrons. The summed E-state index contributed by atoms with van der Waals surface area (Å²) < 4.78 is 5.47. The molecule has 0 saturated carbocycles. The highest BCUT2D eigenvalue weighted by Crippen LogP contribution is 2.22. The lowest BCUT2D eigenvalue weighted by molar-refractivity contribution is -0.384. The second kappa shape index (κ2) is 5.47. The molecule has 0 saturated heterocycles. The zero-order chi connectivity index (χ0) is 14.7. The Morgan fingerprint density at radius 2 is 1.80 bits per heavy atom. The van der Waals surface area contributed by atoms with Crippen molar-refractivity contribution >= 4 is 11.6 Å². The lowest BCUT2D eigenvalue weighted by Gasteiger charge is -2.11. The van der Waals surface area contributed by atoms with Crippen LogP contribution < -0.4 is 9.64 Å². The first-order valence-corrected chi connectivity index (χ1v) is 5.78. The summed E-state index contributed by atoms with van der Waals surface area (Å²) in [5, 5.41) is 10.6. The summed E-state index contributed by atoms with van der Waals surface area (Å²) >= 11 is 0. The Morgan fingerprint density at radius 1 is 1.15 bits per heavy atom. The zero-order valence-electron chi connectivity index (χ0n) is 11.3. The van der Waals surface area contributed by atoms with Gasteiger partial charge in [-0.25, -0.2) is 0 Å². The van der Waals surface area contributed by atoms with E-state index in [9.17, 15) is 10.1 Å². The number of non-ortho nitro benzene ring substituents is 1. The summed E-state index contributed by atoms with van der Waals surface area (Å²) in [6.07, 6.45) is 0. The van der Waals surface area contributed by atoms with Gasteiger partial charge < -0.3 is 9.64 Å². The Morgan fingerprint density at radius 3 is 2.35 bits per heavy atom. The molecule has 1 aromatic carbocycles. The molecule has 2 rings (SSSR count). The molecule has 0 unspecified atom stereocenters. The molecule has 0 aliphatic carbocycles. The summed E-state index contributed by atoms with van der Waals surface area (Å²) in [5.41, 5.74) is -0.00171. The van der Waals surface area contributed by atoms with Gasteiger partial charge in [-0.15, -0.1) is 0 Å². The first-order valence-electron chi connectivity index (χ1n) is 5.78. The van der Waals surface area contributed by atoms with Crippen molar-refractivity contribution in [1.82, 2.24) is 15.0 Å². The SMILES string of the molecule is Cc1nc(Oc2ccc([N+](=O)[O-])cc2)nc(N(C)C)n1. The Bertz CT molecular complexity index is 627. The Balaban J connectivity index is 2.23. The van der Waals surface area contributed by atoms with E-state index in [4.69, 9.17) is 4.74 Å². The number of nitrogens with zero attached hydrogens (tertiary/aromatic N) is 5. The minimum absolute atomic E-state index is 0.00171. The van der Waals surface area contributed by atoms with E-state index in [0.717, 1.165) is 0 Å². The van der Waals surface area contributed by atoms with Crippen LogP contribution in [-0.4, -0.2) is 34.0 Å². The fraction of sp³-hybridized carbons (Fsp3) is 0.250. The first-order chi connectivity index (χ1) is 9.45. The molecular formula is C12H13N5O3. The molecule has 0 amide bonds. The standard InChI is InChI=1S/C12H13N5O3/c1-8-13-11(16(2)3)15-12(14-8)20-10-6-4-9(5-7-10)17(18)19/h4-7H,1-3H3. The minimum atomic E-state index is -0.471. The number of aromatic nitrogens is 3. The van der Waals surface area contributed by atoms with Crippen LogP contribution in [0.3, 0.4) is 0 Å². The largest absolute Gasteiger partial charge is 0.424 e. The minimum Gasteiger partial charge on any atom is -0.424 e. The van der Waals surface area contributed by atoms with Crippen molar-refractivity contribution in [2.75, 3.05) is 19.0 Å². The second-order valence-electron chi connectivity index (χ2n) is 4.21. The van der Waals surface area contributed by atoms with Crippen molar-refractivity contribution in [2.45, 2.75) is 6.92 Å². The van der Waals surface area contributed by atoms with E-state index in [0.29, 0.717) is 17.5 Å². The summed E-state index contributed by atoms with van der Waals surface area (Å²) in [6, 6.07) is 5.85. The molecule has 0 N–H and O–H groups in total. The number of nitro groups is 1. The van der Waals surface area contributed by atoms with Gasteiger partial charge in [-0.1, -0.05) is 0 Å². The number of aryl methyl sites for hydroxylation is 1. The Kier molecular flexibility index (Phi) is 3.74. The van der Waals surface area contributed by atoms with Crippen LogP contribution in [0, 0.1) is 17.0 Å². The van der Waals surface area contributed by atoms with Crippen molar-refractivity contribution in [1.29, 1.82) is 0 Å². The van der Waals surface area contributed by atoms with E-state index in [2.05, 4.69) is 15.0 Å². The molecule has 0 aliphatic rings. The quantitative estimate of drug-likeness (QED) is 0.621. The number of hydrogen-bond acceptors (Lipinski definition) is 7. The summed E-state index contributed by atoms with van der Waals surface area (Å²) in [6.45, 7) is 1.73. The summed E-state index contributed by atoms with van der Waals surface area (Å²) in [4.78, 5) is 24.2. The van der Waals surface area contributed by atoms with Gasteiger partial charge >= 0.3 is 6.01 Å². The van der Waals surface area contributed by atoms with Crippen molar-refractivity contribution in [2.24, 2.45) is 0 Å². The van der Waals surface area contributed by atoms with Gasteiger partial charge in [0.05, 0.1) is 4.92 Å². The molecule has 1 aromatic heterocycles. The van der Waals surface area contributed by atoms with E-state index in [1.807, 2.05) is 14.1 Å². The summed E-state index contributed by atoms with van der Waals surface area (Å²) in [7, 11) is 3.62. The Labute approximate surface area is 115 Å². The maximum Gasteiger partial charge on any atom is 0.327 e. The fourth-order valence-electron chi connectivity index (χ4n) is 1.43. The van der Waals surface area contributed by atoms with Crippen LogP contribution in [0.15, 0.2) is 24.3 Å². The lowest BCUT2D eigenvalue weighted by atomic mass is 10.3. The van der Waals surface area contributed by atoms with Crippen LogP contribution in [-0.2, 0) is 0 Å². The van der Waals surface area contributed by atoms with Crippen LogP contribution in [0.1, 0.15) is 5.82 Å². The maximum absolute atomic E-state index is 10.6. The van der Waals surface area contributed by atoms with Gasteiger partial charge in [-0.05, 0) is 19.1 Å². The zero-order valence-corrected chi connectivity index (χ0v) is 11.3. The first kappa shape index (κ1) is 13.7. The monoisotopic (exact) mass is 275 g/mol. The predicted molar refractivity (Wildman–Crippen MR) is 72.1 cm³/mol. The topological polar surface area (TPSA) is 94.3 Å². The molecule has 0 bridgehead atoms. The molecule has 0 fully saturated rings. The molecule has 0 spiro atoms. The fourth-order valence-corrected chi connectivity index (χ4v) is 1.43. The van der Waals surface area contributed by atoms with Gasteiger partial charge in [0.15, 0.2) is 0 Å². The van der Waals surface area contributed by atoms with Crippen molar-refractivity contribution in [3.8, 4) is 11.8 Å². The normalized spacial score (nSPS) is 10.2. The van der Waals surface area contributed by atoms with Crippen LogP contribution >= 0.6 is 0 Å². The third-order valence-electron chi connectivity index (χ3n) is 2.37. The molecular weight excluding hydrogens is 262 g/mol. The second-order valence-corrected chi connectivity index (χ2v) is 4.21. The predicted octanol–water partition coefficient (Wildman–Crippen LogP) is 1.95. The number of hydrogen-bond donors (Lipinski definition) is 0. The number of anilines is 1. The molecule has 20 heavy (non-hydrogen) atoms. The molecule has 1 heterocycles. The van der Waals surface area contributed by atoms with Gasteiger partial charge in [0, 0.05) is 26.2 Å². The highest BCUT2D eigenvalue weighted by atomic mass is 16.6. The average molecular weight is 275 g/mol. The van der Waals surface area contributed by atoms with E-state index in [1.165, 1.54) is 24.3 Å². The van der Waals surface area contributed by atoms with E-state index >= 15 is 0 Å². The highest BCUT2D eigenvalue weighted by molar-refractivity contribution is 5.37. The van der Waals surface area contributed by atoms with Crippen LogP contribution in [0.25, 0.3) is 0 Å². The maximum atomic E-state index is 10.6. The van der Waals surface area contributed by atoms with Gasteiger partial charge in [0.2, 0.25) is 5.95 Å². The molecule has 8 nitrogen and oxygen atoms in total. The third-order valence-corrected chi connectivity index (χ3v) is 2.37. The van der Waals surface area contributed by atoms with Crippen LogP contribution in [0.5, 0.6) is 11.8 Å². The van der Waals surface area contributed by atoms with Crippen LogP contribution in [0.4, 0.5) is 11.6 Å². The van der Waals surface area contributed by atoms with E-state index in [1.54, 1.807) is 11.8 Å². The molecule has 8 heteroatoms. The van der Waals surface area contributed by atoms with Crippen LogP contribution in [0.2, 0.25) is 0 Å². The van der Waals surface area contributed by atoms with Gasteiger partial charge in [-0.2, -0.15) is 15.0 Å². The van der Waals surface area contributed by atoms with Gasteiger partial charge in [0.25, 0.3) is 5.69 Å². The number of nitro benzene ring substituents is 1. The summed E-state index contributed by atoms with van der Waals surface area (Å²) in [5.74, 6) is 1.43. The van der Waals surface area contributed by atoms with Gasteiger partial charge in [0.1, 0.15) is 11.6 Å². The molecule has 0 atom stereocenters. The number of rotatable bonds is 4. The highest BCUT2D eigenvalue weighted by Gasteiger charge is 2.09. The smallest absolute Gasteiger partial charge is 0.327 e. The molecule has 0 radical (unpaired) electrons. The van der Waals surface area contributed by atoms with Gasteiger partial charge in [-0.3, -0.25) is 10.1 Å².